The number of hydrogen-bond donors (Lipinski definition) is 8. The summed E-state index contributed by atoms with van der Waals surface area (Å²) in [6.45, 7) is -1.35. The van der Waals surface area contributed by atoms with Crippen LogP contribution in [0.15, 0.2) is 0 Å². The first kappa shape index (κ1) is 35.4. The van der Waals surface area contributed by atoms with Crippen molar-refractivity contribution in [2.75, 3.05) is 13.2 Å². The van der Waals surface area contributed by atoms with Crippen molar-refractivity contribution in [3.8, 4) is 0 Å². The second-order valence-corrected chi connectivity index (χ2v) is 5.78. The molecule has 0 saturated carbocycles. The van der Waals surface area contributed by atoms with Crippen LogP contribution in [0.4, 0.5) is 4.79 Å². The Bertz CT molecular complexity index is 466. The molecule has 30 heavy (non-hydrogen) atoms. The van der Waals surface area contributed by atoms with Crippen LogP contribution in [-0.4, -0.2) is 127 Å². The average molecular weight is 466 g/mol. The number of aliphatic hydroxyl groups is 8. The van der Waals surface area contributed by atoms with Crippen LogP contribution in [0.5, 0.6) is 0 Å². The van der Waals surface area contributed by atoms with Gasteiger partial charge in [0.15, 0.2) is 12.6 Å². The number of carbonyl (C=O) groups excluding carboxylic acids is 1. The summed E-state index contributed by atoms with van der Waals surface area (Å²) < 4.78 is 15.3. The van der Waals surface area contributed by atoms with Crippen LogP contribution in [0.1, 0.15) is 0 Å². The van der Waals surface area contributed by atoms with Gasteiger partial charge in [0.2, 0.25) is 0 Å². The molecule has 0 spiro atoms. The number of rotatable bonds is 4. The van der Waals surface area contributed by atoms with Crippen molar-refractivity contribution in [2.45, 2.75) is 61.4 Å². The molecule has 17 heteroatoms. The van der Waals surface area contributed by atoms with Crippen molar-refractivity contribution in [2.24, 2.45) is 0 Å². The maximum atomic E-state index is 9.94. The molecule has 168 valence electrons. The Kier molecular flexibility index (Phi) is 19.4. The first-order valence-corrected chi connectivity index (χ1v) is 7.69. The molecule has 2 fully saturated rings. The van der Waals surface area contributed by atoms with E-state index in [0.29, 0.717) is 0 Å². The molecule has 0 aromatic heterocycles. The Morgan fingerprint density at radius 1 is 0.767 bits per heavy atom. The van der Waals surface area contributed by atoms with Gasteiger partial charge in [0, 0.05) is 0 Å². The van der Waals surface area contributed by atoms with Crippen molar-refractivity contribution in [1.29, 1.82) is 0 Å². The van der Waals surface area contributed by atoms with Crippen molar-refractivity contribution >= 4 is 6.16 Å². The predicted octanol–water partition coefficient (Wildman–Crippen LogP) is -14.7. The zero-order valence-corrected chi connectivity index (χ0v) is 20.2. The minimum Gasteiger partial charge on any atom is -0.652 e. The molecule has 10 atom stereocenters. The van der Waals surface area contributed by atoms with E-state index in [2.05, 4.69) is 0 Å². The molecule has 2 heterocycles. The molecule has 2 aliphatic rings. The Balaban J connectivity index is -0.000000957. The van der Waals surface area contributed by atoms with Gasteiger partial charge in [-0.05, 0) is 6.16 Å². The fourth-order valence-corrected chi connectivity index (χ4v) is 2.57. The molecule has 0 amide bonds. The van der Waals surface area contributed by atoms with Crippen molar-refractivity contribution < 1.29 is 135 Å². The van der Waals surface area contributed by atoms with Gasteiger partial charge < -0.3 is 75.5 Å². The Labute approximate surface area is 214 Å². The van der Waals surface area contributed by atoms with E-state index in [9.17, 15) is 35.7 Å². The minimum absolute atomic E-state index is 0. The predicted molar refractivity (Wildman–Crippen MR) is 77.6 cm³/mol. The van der Waals surface area contributed by atoms with Crippen molar-refractivity contribution in [3.63, 3.8) is 0 Å². The largest absolute Gasteiger partial charge is 1.00 e. The fraction of sp³-hybridized carbons (Fsp3) is 0.923. The van der Waals surface area contributed by atoms with Crippen LogP contribution in [0.3, 0.4) is 0 Å². The van der Waals surface area contributed by atoms with Gasteiger partial charge >= 0.3 is 59.1 Å². The van der Waals surface area contributed by atoms with Crippen LogP contribution in [0.25, 0.3) is 0 Å². The molecular formula is C13H24Na2O15. The average Bonchev–Trinajstić information content (AvgIpc) is 2.61. The van der Waals surface area contributed by atoms with Crippen LogP contribution < -0.4 is 69.3 Å². The molecule has 0 radical (unpaired) electrons. The Morgan fingerprint density at radius 2 is 1.23 bits per heavy atom. The number of carbonyl (C=O) groups is 1. The van der Waals surface area contributed by atoms with Gasteiger partial charge in [-0.25, -0.2) is 0 Å². The number of carboxylic acid groups (broad SMARTS) is 2. The van der Waals surface area contributed by atoms with Crippen LogP contribution >= 0.6 is 0 Å². The van der Waals surface area contributed by atoms with E-state index in [4.69, 9.17) is 34.3 Å². The topological polar surface area (TPSA) is 284 Å². The van der Waals surface area contributed by atoms with E-state index in [1.54, 1.807) is 0 Å². The van der Waals surface area contributed by atoms with E-state index >= 15 is 0 Å². The summed E-state index contributed by atoms with van der Waals surface area (Å²) in [5.41, 5.74) is 0. The monoisotopic (exact) mass is 466 g/mol. The second-order valence-electron chi connectivity index (χ2n) is 5.78. The Morgan fingerprint density at radius 3 is 1.67 bits per heavy atom. The quantitative estimate of drug-likeness (QED) is 0.179. The molecule has 1 unspecified atom stereocenters. The first-order chi connectivity index (χ1) is 12.5. The van der Waals surface area contributed by atoms with E-state index in [1.165, 1.54) is 0 Å². The molecule has 10 N–H and O–H groups in total. The van der Waals surface area contributed by atoms with Crippen LogP contribution in [0, 0.1) is 0 Å². The fourth-order valence-electron chi connectivity index (χ4n) is 2.57. The van der Waals surface area contributed by atoms with Crippen LogP contribution in [-0.2, 0) is 14.2 Å². The van der Waals surface area contributed by atoms with E-state index in [-0.39, 0.29) is 64.6 Å². The molecule has 15 nitrogen and oxygen atoms in total. The van der Waals surface area contributed by atoms with Crippen LogP contribution in [0.2, 0.25) is 0 Å². The molecular weight excluding hydrogens is 442 g/mol. The third-order valence-electron chi connectivity index (χ3n) is 3.98. The summed E-state index contributed by atoms with van der Waals surface area (Å²) in [4.78, 5) is 8.33. The maximum Gasteiger partial charge on any atom is 1.00 e. The van der Waals surface area contributed by atoms with Crippen molar-refractivity contribution in [3.05, 3.63) is 0 Å². The molecule has 0 aromatic rings. The molecule has 0 aromatic carbocycles. The van der Waals surface area contributed by atoms with Gasteiger partial charge in [-0.2, -0.15) is 0 Å². The normalized spacial score (nSPS) is 40.4. The van der Waals surface area contributed by atoms with E-state index < -0.39 is 80.8 Å². The third kappa shape index (κ3) is 9.34. The van der Waals surface area contributed by atoms with Gasteiger partial charge in [0.1, 0.15) is 48.8 Å². The van der Waals surface area contributed by atoms with Gasteiger partial charge in [-0.3, -0.25) is 0 Å². The maximum absolute atomic E-state index is 9.94. The first-order valence-electron chi connectivity index (χ1n) is 7.69. The van der Waals surface area contributed by atoms with Gasteiger partial charge in [0.25, 0.3) is 0 Å². The molecule has 0 bridgehead atoms. The smallest absolute Gasteiger partial charge is 0.652 e. The summed E-state index contributed by atoms with van der Waals surface area (Å²) in [5, 5.41) is 93.2. The zero-order valence-electron chi connectivity index (χ0n) is 16.2. The second kappa shape index (κ2) is 16.4. The van der Waals surface area contributed by atoms with E-state index in [1.807, 2.05) is 0 Å². The van der Waals surface area contributed by atoms with Crippen molar-refractivity contribution in [1.82, 2.24) is 0 Å². The van der Waals surface area contributed by atoms with Gasteiger partial charge in [-0.1, -0.05) is 0 Å². The minimum atomic E-state index is -2.33. The summed E-state index contributed by atoms with van der Waals surface area (Å²) in [5.74, 6) is 0. The zero-order chi connectivity index (χ0) is 20.9. The van der Waals surface area contributed by atoms with E-state index in [0.717, 1.165) is 0 Å². The molecule has 0 aliphatic carbocycles. The number of ether oxygens (including phenoxy) is 3. The molecule has 2 aliphatic heterocycles. The Hall–Kier alpha value is 0.790. The summed E-state index contributed by atoms with van der Waals surface area (Å²) in [6, 6.07) is 0. The summed E-state index contributed by atoms with van der Waals surface area (Å²) in [7, 11) is 0. The third-order valence-corrected chi connectivity index (χ3v) is 3.98. The standard InChI is InChI=1S/C12H22O11.CH2O3.2Na.H2O/c13-1-3-5(15)6(16)9(19)12(22-3)23-10-4(2-14)21-11(20)8(18)7(10)17;2-1(3)4;;;/h3-20H,1-2H2;(H2,2,3,4);;;1H2/q;;2*+1;/p-2/t3-,4-,5+,6+,7-,8-,9-,10-,11?,12+;;;;/m1..../s1. The van der Waals surface area contributed by atoms with Gasteiger partial charge in [-0.15, -0.1) is 0 Å². The number of aliphatic hydroxyl groups excluding tert-OH is 8. The molecule has 2 rings (SSSR count). The SMILES string of the molecule is O.O=C([O-])[O-].OC[C@H]1O[C@@H](O[C@H]2[C@H](O)[C@@H](O)C(O)O[C@@H]2CO)[C@H](O)[C@@H](O)[C@H]1O.[Na+].[Na+]. The summed E-state index contributed by atoms with van der Waals surface area (Å²) in [6.07, 6.45) is -17.9. The summed E-state index contributed by atoms with van der Waals surface area (Å²) >= 11 is 0. The number of hydrogen-bond acceptors (Lipinski definition) is 14. The van der Waals surface area contributed by atoms with Gasteiger partial charge in [0.05, 0.1) is 13.2 Å². The molecule has 2 saturated heterocycles.